The summed E-state index contributed by atoms with van der Waals surface area (Å²) in [6.45, 7) is 4.85. The number of fused-ring (bicyclic) bond motifs is 3. The van der Waals surface area contributed by atoms with Crippen LogP contribution in [0.1, 0.15) is 5.56 Å². The van der Waals surface area contributed by atoms with Crippen LogP contribution in [-0.2, 0) is 6.54 Å². The monoisotopic (exact) mass is 410 g/mol. The van der Waals surface area contributed by atoms with Crippen molar-refractivity contribution in [3.8, 4) is 0 Å². The van der Waals surface area contributed by atoms with Crippen molar-refractivity contribution in [1.82, 2.24) is 14.3 Å². The van der Waals surface area contributed by atoms with Crippen molar-refractivity contribution in [2.75, 3.05) is 31.1 Å². The number of hydrogen-bond acceptors (Lipinski definition) is 3. The molecule has 5 rings (SSSR count). The molecule has 1 aliphatic rings. The number of anilines is 1. The van der Waals surface area contributed by atoms with Crippen molar-refractivity contribution in [2.24, 2.45) is 0 Å². The Morgan fingerprint density at radius 1 is 0.893 bits per heavy atom. The van der Waals surface area contributed by atoms with Crippen LogP contribution >= 0.6 is 23.2 Å². The maximum absolute atomic E-state index is 6.16. The molecule has 3 heterocycles. The lowest BCUT2D eigenvalue weighted by atomic mass is 10.1. The van der Waals surface area contributed by atoms with Crippen LogP contribution < -0.4 is 4.90 Å². The SMILES string of the molecule is Clc1ccc(CN2CCN(c3cccc4c3ncc3cccn34)CC2)cc1Cl. The van der Waals surface area contributed by atoms with E-state index in [2.05, 4.69) is 56.8 Å². The number of hydrogen-bond donors (Lipinski definition) is 0. The average Bonchev–Trinajstić information content (AvgIpc) is 3.20. The Bertz CT molecular complexity index is 1150. The normalized spacial score (nSPS) is 15.6. The molecular weight excluding hydrogens is 391 g/mol. The van der Waals surface area contributed by atoms with Gasteiger partial charge in [0.1, 0.15) is 5.52 Å². The van der Waals surface area contributed by atoms with E-state index in [1.165, 1.54) is 11.3 Å². The van der Waals surface area contributed by atoms with Gasteiger partial charge in [0.2, 0.25) is 0 Å². The van der Waals surface area contributed by atoms with Gasteiger partial charge in [-0.1, -0.05) is 35.3 Å². The summed E-state index contributed by atoms with van der Waals surface area (Å²) in [7, 11) is 0. The van der Waals surface area contributed by atoms with E-state index >= 15 is 0 Å². The molecule has 0 N–H and O–H groups in total. The molecule has 0 radical (unpaired) electrons. The summed E-state index contributed by atoms with van der Waals surface area (Å²) in [5.41, 5.74) is 5.74. The van der Waals surface area contributed by atoms with Gasteiger partial charge >= 0.3 is 0 Å². The Morgan fingerprint density at radius 2 is 1.75 bits per heavy atom. The minimum absolute atomic E-state index is 0.607. The van der Waals surface area contributed by atoms with Crippen LogP contribution in [0.2, 0.25) is 10.0 Å². The zero-order valence-electron chi connectivity index (χ0n) is 15.4. The van der Waals surface area contributed by atoms with Crippen LogP contribution in [0.3, 0.4) is 0 Å². The molecule has 4 nitrogen and oxygen atoms in total. The molecule has 142 valence electrons. The molecule has 0 amide bonds. The molecule has 0 atom stereocenters. The Hall–Kier alpha value is -2.27. The molecule has 0 spiro atoms. The lowest BCUT2D eigenvalue weighted by molar-refractivity contribution is 0.250. The lowest BCUT2D eigenvalue weighted by Gasteiger charge is -2.36. The van der Waals surface area contributed by atoms with E-state index in [1.54, 1.807) is 0 Å². The second kappa shape index (κ2) is 7.28. The van der Waals surface area contributed by atoms with Crippen LogP contribution in [-0.4, -0.2) is 40.5 Å². The molecule has 0 bridgehead atoms. The minimum atomic E-state index is 0.607. The molecule has 4 aromatic rings. The standard InChI is InChI=1S/C22H20Cl2N4/c23-18-7-6-16(13-19(18)24)15-26-9-11-27(12-10-26)20-4-1-5-21-22(20)25-14-17-3-2-8-28(17)21/h1-8,13-14H,9-12,15H2. The third kappa shape index (κ3) is 3.22. The van der Waals surface area contributed by atoms with Crippen molar-refractivity contribution in [3.05, 3.63) is 76.5 Å². The fraction of sp³-hybridized carbons (Fsp3) is 0.227. The van der Waals surface area contributed by atoms with Crippen LogP contribution in [0, 0.1) is 0 Å². The molecule has 6 heteroatoms. The van der Waals surface area contributed by atoms with Crippen molar-refractivity contribution in [1.29, 1.82) is 0 Å². The average molecular weight is 411 g/mol. The molecule has 0 unspecified atom stereocenters. The van der Waals surface area contributed by atoms with Crippen LogP contribution in [0.5, 0.6) is 0 Å². The number of halogens is 2. The summed E-state index contributed by atoms with van der Waals surface area (Å²) in [5.74, 6) is 0. The quantitative estimate of drug-likeness (QED) is 0.468. The van der Waals surface area contributed by atoms with E-state index in [0.717, 1.165) is 49.3 Å². The van der Waals surface area contributed by atoms with Gasteiger partial charge in [-0.3, -0.25) is 9.88 Å². The van der Waals surface area contributed by atoms with E-state index in [0.29, 0.717) is 10.0 Å². The van der Waals surface area contributed by atoms with Gasteiger partial charge in [0, 0.05) is 38.9 Å². The first-order valence-electron chi connectivity index (χ1n) is 9.45. The second-order valence-electron chi connectivity index (χ2n) is 7.22. The van der Waals surface area contributed by atoms with Crippen LogP contribution in [0.25, 0.3) is 16.6 Å². The number of benzene rings is 2. The Balaban J connectivity index is 1.34. The van der Waals surface area contributed by atoms with Crippen molar-refractivity contribution in [3.63, 3.8) is 0 Å². The third-order valence-electron chi connectivity index (χ3n) is 5.46. The number of piperazine rings is 1. The second-order valence-corrected chi connectivity index (χ2v) is 8.03. The summed E-state index contributed by atoms with van der Waals surface area (Å²) < 4.78 is 2.20. The number of rotatable bonds is 3. The zero-order chi connectivity index (χ0) is 19.1. The molecule has 2 aromatic heterocycles. The minimum Gasteiger partial charge on any atom is -0.367 e. The van der Waals surface area contributed by atoms with Gasteiger partial charge in [0.15, 0.2) is 0 Å². The maximum Gasteiger partial charge on any atom is 0.110 e. The number of aromatic nitrogens is 2. The Kier molecular flexibility index (Phi) is 4.63. The zero-order valence-corrected chi connectivity index (χ0v) is 16.9. The van der Waals surface area contributed by atoms with Crippen molar-refractivity contribution >= 4 is 45.4 Å². The molecule has 2 aromatic carbocycles. The molecule has 1 fully saturated rings. The van der Waals surface area contributed by atoms with E-state index < -0.39 is 0 Å². The maximum atomic E-state index is 6.16. The third-order valence-corrected chi connectivity index (χ3v) is 6.20. The van der Waals surface area contributed by atoms with Gasteiger partial charge in [-0.25, -0.2) is 0 Å². The van der Waals surface area contributed by atoms with E-state index in [-0.39, 0.29) is 0 Å². The highest BCUT2D eigenvalue weighted by Crippen LogP contribution is 2.28. The highest BCUT2D eigenvalue weighted by atomic mass is 35.5. The van der Waals surface area contributed by atoms with Gasteiger partial charge in [0.25, 0.3) is 0 Å². The highest BCUT2D eigenvalue weighted by molar-refractivity contribution is 6.42. The summed E-state index contributed by atoms with van der Waals surface area (Å²) in [4.78, 5) is 9.66. The van der Waals surface area contributed by atoms with Crippen LogP contribution in [0.4, 0.5) is 5.69 Å². The van der Waals surface area contributed by atoms with E-state index in [4.69, 9.17) is 28.2 Å². The summed E-state index contributed by atoms with van der Waals surface area (Å²) in [6.07, 6.45) is 4.05. The summed E-state index contributed by atoms with van der Waals surface area (Å²) >= 11 is 12.2. The number of para-hydroxylation sites is 1. The first-order chi connectivity index (χ1) is 13.7. The van der Waals surface area contributed by atoms with Gasteiger partial charge < -0.3 is 9.30 Å². The highest BCUT2D eigenvalue weighted by Gasteiger charge is 2.20. The predicted octanol–water partition coefficient (Wildman–Crippen LogP) is 5.12. The van der Waals surface area contributed by atoms with Gasteiger partial charge in [-0.05, 0) is 42.0 Å². The van der Waals surface area contributed by atoms with E-state index in [1.807, 2.05) is 18.3 Å². The predicted molar refractivity (Wildman–Crippen MR) is 117 cm³/mol. The molecule has 0 saturated carbocycles. The topological polar surface area (TPSA) is 23.8 Å². The van der Waals surface area contributed by atoms with Gasteiger partial charge in [-0.15, -0.1) is 0 Å². The first kappa shape index (κ1) is 17.8. The molecule has 0 aliphatic carbocycles. The molecular formula is C22H20Cl2N4. The van der Waals surface area contributed by atoms with Crippen molar-refractivity contribution in [2.45, 2.75) is 6.54 Å². The lowest BCUT2D eigenvalue weighted by Crippen LogP contribution is -2.46. The Morgan fingerprint density at radius 3 is 2.57 bits per heavy atom. The molecule has 28 heavy (non-hydrogen) atoms. The van der Waals surface area contributed by atoms with Crippen molar-refractivity contribution < 1.29 is 0 Å². The van der Waals surface area contributed by atoms with E-state index in [9.17, 15) is 0 Å². The first-order valence-corrected chi connectivity index (χ1v) is 10.2. The summed E-state index contributed by atoms with van der Waals surface area (Å²) in [5, 5.41) is 1.23. The van der Waals surface area contributed by atoms with Gasteiger partial charge in [0.05, 0.1) is 33.0 Å². The van der Waals surface area contributed by atoms with Gasteiger partial charge in [-0.2, -0.15) is 0 Å². The smallest absolute Gasteiger partial charge is 0.110 e. The molecule has 1 saturated heterocycles. The van der Waals surface area contributed by atoms with Crippen LogP contribution in [0.15, 0.2) is 60.9 Å². The fourth-order valence-corrected chi connectivity index (χ4v) is 4.31. The summed E-state index contributed by atoms with van der Waals surface area (Å²) in [6, 6.07) is 16.5. The molecule has 1 aliphatic heterocycles. The fourth-order valence-electron chi connectivity index (χ4n) is 3.99. The Labute approximate surface area is 173 Å². The largest absolute Gasteiger partial charge is 0.367 e. The number of nitrogens with zero attached hydrogens (tertiary/aromatic N) is 4.